The van der Waals surface area contributed by atoms with Crippen LogP contribution >= 0.6 is 0 Å². The van der Waals surface area contributed by atoms with Gasteiger partial charge in [0.25, 0.3) is 0 Å². The number of hydrogen-bond acceptors (Lipinski definition) is 10. The number of carbonyl (C=O) groups is 2. The molecule has 6 heterocycles. The first-order chi connectivity index (χ1) is 34.8. The summed E-state index contributed by atoms with van der Waals surface area (Å²) >= 11 is 0. The van der Waals surface area contributed by atoms with Gasteiger partial charge in [-0.3, -0.25) is 29.2 Å². The lowest BCUT2D eigenvalue weighted by atomic mass is 10.1. The van der Waals surface area contributed by atoms with Crippen molar-refractivity contribution in [3.8, 4) is 0 Å². The van der Waals surface area contributed by atoms with Crippen molar-refractivity contribution in [1.82, 2.24) is 28.9 Å². The van der Waals surface area contributed by atoms with Crippen LogP contribution in [0.2, 0.25) is 0 Å². The number of aromatic amines is 1. The molecule has 2 aliphatic carbocycles. The van der Waals surface area contributed by atoms with Crippen LogP contribution in [0.25, 0.3) is 43.6 Å². The second kappa shape index (κ2) is 18.8. The minimum Gasteiger partial charge on any atom is -0.477 e. The second-order valence-corrected chi connectivity index (χ2v) is 19.4. The standard InChI is InChI=1S/C28H27FN4O3.C27H25FN4O4/c1-17-12-18(20-4-2-3-5-24(20)30-17)15-31-8-10-32(11-9-31)26-14-25-21(13-23(26)29)27(34)22(28(35)36)16-33(25)19-6-7-19;28-21-12-19-23(32(17-5-6-17)15-20(26(19)34)27(35)36)13-24(21)31-9-7-30(8-10-31)14-16-11-25(33)29-22-4-2-1-3-18(16)22/h2-5,12-14,16,19H,6-11,15H2,1H3,(H,35,36);1-4,11-13,15,17H,5-10,14H2,(H,29,33)(H,35,36). The molecule has 0 spiro atoms. The van der Waals surface area contributed by atoms with E-state index in [2.05, 4.69) is 31.9 Å². The number of H-pyrrole nitrogens is 1. The molecule has 8 aromatic rings. The number of carboxylic acids is 2. The molecule has 4 aromatic heterocycles. The van der Waals surface area contributed by atoms with Crippen molar-refractivity contribution in [2.75, 3.05) is 62.2 Å². The van der Waals surface area contributed by atoms with Crippen molar-refractivity contribution in [2.24, 2.45) is 0 Å². The summed E-state index contributed by atoms with van der Waals surface area (Å²) in [6.45, 7) is 8.86. The van der Waals surface area contributed by atoms with Gasteiger partial charge in [0.05, 0.1) is 27.9 Å². The number of para-hydroxylation sites is 2. The number of nitrogens with one attached hydrogen (secondary N) is 1. The first-order valence-corrected chi connectivity index (χ1v) is 24.4. The molecule has 2 saturated heterocycles. The van der Waals surface area contributed by atoms with E-state index >= 15 is 8.78 Å². The zero-order chi connectivity index (χ0) is 49.9. The normalized spacial score (nSPS) is 16.7. The van der Waals surface area contributed by atoms with Crippen LogP contribution in [-0.4, -0.2) is 103 Å². The van der Waals surface area contributed by atoms with Crippen LogP contribution in [0, 0.1) is 18.6 Å². The number of aromatic carboxylic acids is 2. The van der Waals surface area contributed by atoms with E-state index in [4.69, 9.17) is 0 Å². The summed E-state index contributed by atoms with van der Waals surface area (Å²) in [5.74, 6) is -3.61. The number of fused-ring (bicyclic) bond motifs is 4. The van der Waals surface area contributed by atoms with Crippen molar-refractivity contribution in [1.29, 1.82) is 0 Å². The SMILES string of the molecule is Cc1cc(CN2CCN(c3cc4c(cc3F)c(=O)c(C(=O)O)cn4C3CC3)CC2)c2ccccc2n1.O=C(O)c1cn(C2CC2)c2cc(N3CCN(Cc4cc(=O)[nH]c5ccccc45)CC3)c(F)cc2c1=O. The molecule has 0 radical (unpaired) electrons. The molecule has 72 heavy (non-hydrogen) atoms. The van der Waals surface area contributed by atoms with Gasteiger partial charge in [-0.15, -0.1) is 0 Å². The van der Waals surface area contributed by atoms with Crippen molar-refractivity contribution in [3.05, 3.63) is 168 Å². The lowest BCUT2D eigenvalue weighted by molar-refractivity contribution is 0.0684. The summed E-state index contributed by atoms with van der Waals surface area (Å²) in [5, 5.41) is 21.3. The highest BCUT2D eigenvalue weighted by Gasteiger charge is 2.31. The number of piperazine rings is 2. The monoisotopic (exact) mass is 974 g/mol. The van der Waals surface area contributed by atoms with Crippen LogP contribution in [0.5, 0.6) is 0 Å². The molecule has 4 fully saturated rings. The Hall–Kier alpha value is -7.76. The zero-order valence-corrected chi connectivity index (χ0v) is 39.6. The Kier molecular flexibility index (Phi) is 12.2. The number of aryl methyl sites for hydroxylation is 1. The third kappa shape index (κ3) is 9.09. The lowest BCUT2D eigenvalue weighted by Gasteiger charge is -2.36. The highest BCUT2D eigenvalue weighted by molar-refractivity contribution is 5.95. The van der Waals surface area contributed by atoms with E-state index in [1.165, 1.54) is 30.1 Å². The Balaban J connectivity index is 0.000000156. The summed E-state index contributed by atoms with van der Waals surface area (Å²) in [4.78, 5) is 76.9. The molecule has 2 aliphatic heterocycles. The minimum atomic E-state index is -1.30. The van der Waals surface area contributed by atoms with Crippen LogP contribution in [0.4, 0.5) is 20.2 Å². The minimum absolute atomic E-state index is 0.0999. The fraction of sp³-hybridized carbons (Fsp3) is 0.309. The van der Waals surface area contributed by atoms with Gasteiger partial charge in [0.2, 0.25) is 16.4 Å². The van der Waals surface area contributed by atoms with Gasteiger partial charge in [-0.05, 0) is 86.2 Å². The second-order valence-electron chi connectivity index (χ2n) is 19.4. The van der Waals surface area contributed by atoms with Crippen LogP contribution in [0.15, 0.2) is 112 Å². The third-order valence-electron chi connectivity index (χ3n) is 14.5. The van der Waals surface area contributed by atoms with Crippen molar-refractivity contribution >= 4 is 66.9 Å². The Morgan fingerprint density at radius 1 is 0.597 bits per heavy atom. The molecule has 0 unspecified atom stereocenters. The number of carboxylic acid groups (broad SMARTS) is 2. The number of nitrogens with zero attached hydrogens (tertiary/aromatic N) is 7. The largest absolute Gasteiger partial charge is 0.477 e. The first-order valence-electron chi connectivity index (χ1n) is 24.4. The van der Waals surface area contributed by atoms with E-state index < -0.39 is 34.4 Å². The lowest BCUT2D eigenvalue weighted by Crippen LogP contribution is -2.46. The van der Waals surface area contributed by atoms with Crippen molar-refractivity contribution < 1.29 is 28.6 Å². The molecule has 2 saturated carbocycles. The highest BCUT2D eigenvalue weighted by atomic mass is 19.1. The summed E-state index contributed by atoms with van der Waals surface area (Å²) in [7, 11) is 0. The molecule has 15 nitrogen and oxygen atoms in total. The van der Waals surface area contributed by atoms with Gasteiger partial charge in [0.15, 0.2) is 0 Å². The van der Waals surface area contributed by atoms with Crippen molar-refractivity contribution in [2.45, 2.75) is 57.8 Å². The summed E-state index contributed by atoms with van der Waals surface area (Å²) in [5.41, 5.74) is 4.99. The predicted molar refractivity (Wildman–Crippen MR) is 273 cm³/mol. The predicted octanol–water partition coefficient (Wildman–Crippen LogP) is 7.69. The maximum absolute atomic E-state index is 15.3. The number of benzene rings is 4. The van der Waals surface area contributed by atoms with Gasteiger partial charge in [-0.1, -0.05) is 36.4 Å². The number of anilines is 2. The van der Waals surface area contributed by atoms with Crippen LogP contribution < -0.4 is 26.2 Å². The quantitative estimate of drug-likeness (QED) is 0.122. The number of hydrogen-bond donors (Lipinski definition) is 3. The Morgan fingerprint density at radius 2 is 1.06 bits per heavy atom. The maximum Gasteiger partial charge on any atom is 0.341 e. The number of rotatable bonds is 10. The van der Waals surface area contributed by atoms with Gasteiger partial charge in [-0.25, -0.2) is 18.4 Å². The summed E-state index contributed by atoms with van der Waals surface area (Å²) in [6, 6.07) is 25.8. The molecule has 12 rings (SSSR count). The molecular formula is C55H52F2N8O7. The molecule has 4 aromatic carbocycles. The van der Waals surface area contributed by atoms with E-state index in [0.717, 1.165) is 78.4 Å². The number of aromatic nitrogens is 4. The van der Waals surface area contributed by atoms with E-state index in [-0.39, 0.29) is 39.5 Å². The smallest absolute Gasteiger partial charge is 0.341 e. The van der Waals surface area contributed by atoms with Gasteiger partial charge in [-0.2, -0.15) is 0 Å². The number of halogens is 2. The average Bonchev–Trinajstić information content (AvgIpc) is 4.31. The van der Waals surface area contributed by atoms with E-state index in [1.54, 1.807) is 18.2 Å². The highest BCUT2D eigenvalue weighted by Crippen LogP contribution is 2.40. The molecule has 17 heteroatoms. The third-order valence-corrected chi connectivity index (χ3v) is 14.5. The van der Waals surface area contributed by atoms with E-state index in [0.29, 0.717) is 68.2 Å². The zero-order valence-electron chi connectivity index (χ0n) is 39.6. The molecule has 368 valence electrons. The van der Waals surface area contributed by atoms with Crippen molar-refractivity contribution in [3.63, 3.8) is 0 Å². The molecule has 0 amide bonds. The Morgan fingerprint density at radius 3 is 1.54 bits per heavy atom. The average molecular weight is 975 g/mol. The summed E-state index contributed by atoms with van der Waals surface area (Å²) in [6.07, 6.45) is 6.47. The Labute approximate surface area is 410 Å². The number of pyridine rings is 4. The van der Waals surface area contributed by atoms with Gasteiger partial charge in [0.1, 0.15) is 22.8 Å². The van der Waals surface area contributed by atoms with E-state index in [9.17, 15) is 34.2 Å². The fourth-order valence-corrected chi connectivity index (χ4v) is 10.5. The van der Waals surface area contributed by atoms with Crippen LogP contribution in [0.3, 0.4) is 0 Å². The Bertz CT molecular complexity index is 3680. The maximum atomic E-state index is 15.3. The molecule has 4 aliphatic rings. The summed E-state index contributed by atoms with van der Waals surface area (Å²) < 4.78 is 34.2. The topological polar surface area (TPSA) is 177 Å². The van der Waals surface area contributed by atoms with Gasteiger partial charge in [0, 0.05) is 129 Å². The molecular weight excluding hydrogens is 923 g/mol. The van der Waals surface area contributed by atoms with Gasteiger partial charge < -0.3 is 34.1 Å². The van der Waals surface area contributed by atoms with E-state index in [1.807, 2.05) is 68.3 Å². The first kappa shape index (κ1) is 46.6. The molecule has 0 bridgehead atoms. The van der Waals surface area contributed by atoms with Crippen LogP contribution in [0.1, 0.15) is 75.3 Å². The molecule has 3 N–H and O–H groups in total. The fourth-order valence-electron chi connectivity index (χ4n) is 10.5. The van der Waals surface area contributed by atoms with Gasteiger partial charge >= 0.3 is 11.9 Å². The van der Waals surface area contributed by atoms with Crippen LogP contribution in [-0.2, 0) is 13.1 Å². The molecule has 0 atom stereocenters.